The van der Waals surface area contributed by atoms with Crippen molar-refractivity contribution in [1.29, 1.82) is 0 Å². The summed E-state index contributed by atoms with van der Waals surface area (Å²) in [4.78, 5) is 0.542. The highest BCUT2D eigenvalue weighted by molar-refractivity contribution is 9.09. The van der Waals surface area contributed by atoms with Crippen LogP contribution in [-0.2, 0) is 0 Å². The minimum absolute atomic E-state index is 0.542. The second-order valence-corrected chi connectivity index (χ2v) is 2.97. The first-order valence-electron chi connectivity index (χ1n) is 2.31. The summed E-state index contributed by atoms with van der Waals surface area (Å²) in [5.41, 5.74) is 0. The lowest BCUT2D eigenvalue weighted by molar-refractivity contribution is 1.03. The second-order valence-electron chi connectivity index (χ2n) is 1.41. The Morgan fingerprint density at radius 1 is 1.71 bits per heavy atom. The van der Waals surface area contributed by atoms with E-state index in [9.17, 15) is 0 Å². The van der Waals surface area contributed by atoms with Gasteiger partial charge in [-0.1, -0.05) is 22.9 Å². The molecule has 1 heteroatoms. The van der Waals surface area contributed by atoms with Crippen LogP contribution in [0.1, 0.15) is 20.3 Å². The van der Waals surface area contributed by atoms with Crippen LogP contribution >= 0.6 is 15.9 Å². The van der Waals surface area contributed by atoms with Crippen LogP contribution in [0.15, 0.2) is 0 Å². The Hall–Kier alpha value is 0.0400. The minimum atomic E-state index is 0.542. The van der Waals surface area contributed by atoms with E-state index in [1.807, 2.05) is 6.92 Å². The van der Waals surface area contributed by atoms with Gasteiger partial charge in [0.05, 0.1) is 0 Å². The lowest BCUT2D eigenvalue weighted by Crippen LogP contribution is -1.83. The predicted molar refractivity (Wildman–Crippen MR) is 36.5 cm³/mol. The molecular formula is C6H9Br. The number of hydrogen-bond acceptors (Lipinski definition) is 0. The molecule has 0 aromatic carbocycles. The predicted octanol–water partition coefficient (Wildman–Crippen LogP) is 2.18. The lowest BCUT2D eigenvalue weighted by Gasteiger charge is -1.88. The average Bonchev–Trinajstić information content (AvgIpc) is 1.61. The van der Waals surface area contributed by atoms with Crippen molar-refractivity contribution in [2.24, 2.45) is 0 Å². The lowest BCUT2D eigenvalue weighted by atomic mass is 10.3. The second kappa shape index (κ2) is 4.21. The van der Waals surface area contributed by atoms with E-state index in [1.165, 1.54) is 0 Å². The molecule has 0 N–H and O–H groups in total. The molecule has 0 amide bonds. The Bertz CT molecular complexity index is 84.1. The van der Waals surface area contributed by atoms with Crippen LogP contribution in [0, 0.1) is 11.8 Å². The fourth-order valence-electron chi connectivity index (χ4n) is 0.243. The van der Waals surface area contributed by atoms with Gasteiger partial charge >= 0.3 is 0 Å². The largest absolute Gasteiger partial charge is 0.107 e. The maximum Gasteiger partial charge on any atom is 0.0226 e. The monoisotopic (exact) mass is 160 g/mol. The van der Waals surface area contributed by atoms with Crippen molar-refractivity contribution < 1.29 is 0 Å². The molecule has 0 rings (SSSR count). The summed E-state index contributed by atoms with van der Waals surface area (Å²) in [5, 5.41) is 0. The first-order valence-corrected chi connectivity index (χ1v) is 3.22. The van der Waals surface area contributed by atoms with Crippen molar-refractivity contribution in [3.63, 3.8) is 0 Å². The van der Waals surface area contributed by atoms with Crippen LogP contribution in [0.5, 0.6) is 0 Å². The summed E-state index contributed by atoms with van der Waals surface area (Å²) < 4.78 is 0. The molecule has 0 spiro atoms. The van der Waals surface area contributed by atoms with Crippen molar-refractivity contribution in [3.05, 3.63) is 0 Å². The van der Waals surface area contributed by atoms with Gasteiger partial charge in [0, 0.05) is 11.2 Å². The van der Waals surface area contributed by atoms with Crippen molar-refractivity contribution in [3.8, 4) is 11.8 Å². The third-order valence-corrected chi connectivity index (χ3v) is 0.884. The zero-order valence-corrected chi connectivity index (χ0v) is 6.25. The van der Waals surface area contributed by atoms with Crippen LogP contribution in [0.4, 0.5) is 0 Å². The third-order valence-electron chi connectivity index (χ3n) is 0.560. The summed E-state index contributed by atoms with van der Waals surface area (Å²) >= 11 is 3.37. The van der Waals surface area contributed by atoms with Gasteiger partial charge in [-0.2, -0.15) is 0 Å². The molecule has 0 aliphatic carbocycles. The average molecular weight is 161 g/mol. The first-order chi connectivity index (χ1) is 3.27. The first kappa shape index (κ1) is 7.04. The van der Waals surface area contributed by atoms with Gasteiger partial charge in [-0.15, -0.1) is 11.8 Å². The van der Waals surface area contributed by atoms with Gasteiger partial charge in [0.1, 0.15) is 0 Å². The van der Waals surface area contributed by atoms with E-state index >= 15 is 0 Å². The van der Waals surface area contributed by atoms with Crippen LogP contribution in [0.25, 0.3) is 0 Å². The summed E-state index contributed by atoms with van der Waals surface area (Å²) in [5.74, 6) is 5.77. The molecule has 0 bridgehead atoms. The zero-order chi connectivity index (χ0) is 5.70. The highest BCUT2D eigenvalue weighted by Gasteiger charge is 1.86. The van der Waals surface area contributed by atoms with Crippen LogP contribution in [0.3, 0.4) is 0 Å². The summed E-state index contributed by atoms with van der Waals surface area (Å²) in [7, 11) is 0. The molecule has 0 unspecified atom stereocenters. The Kier molecular flexibility index (Phi) is 4.23. The van der Waals surface area contributed by atoms with Gasteiger partial charge in [0.15, 0.2) is 0 Å². The van der Waals surface area contributed by atoms with E-state index in [1.54, 1.807) is 0 Å². The topological polar surface area (TPSA) is 0 Å². The quantitative estimate of drug-likeness (QED) is 0.408. The molecule has 0 saturated carbocycles. The fraction of sp³-hybridized carbons (Fsp3) is 0.667. The molecule has 0 aliphatic heterocycles. The van der Waals surface area contributed by atoms with E-state index < -0.39 is 0 Å². The molecule has 0 nitrogen and oxygen atoms in total. The Morgan fingerprint density at radius 2 is 2.29 bits per heavy atom. The van der Waals surface area contributed by atoms with Crippen molar-refractivity contribution in [2.75, 3.05) is 0 Å². The van der Waals surface area contributed by atoms with Gasteiger partial charge in [-0.05, 0) is 6.92 Å². The number of hydrogen-bond donors (Lipinski definition) is 0. The standard InChI is InChI=1S/C6H9Br/c1-3-4-5-6(2)7/h6H,5H2,1-2H3/t6-/m1/s1. The molecule has 0 saturated heterocycles. The molecule has 1 atom stereocenters. The maximum absolute atomic E-state index is 3.37. The smallest absolute Gasteiger partial charge is 0.0226 e. The Morgan fingerprint density at radius 3 is 2.43 bits per heavy atom. The molecular weight excluding hydrogens is 152 g/mol. The summed E-state index contributed by atoms with van der Waals surface area (Å²) in [6.45, 7) is 3.94. The van der Waals surface area contributed by atoms with Gasteiger partial charge in [0.25, 0.3) is 0 Å². The van der Waals surface area contributed by atoms with Crippen molar-refractivity contribution in [2.45, 2.75) is 25.1 Å². The summed E-state index contributed by atoms with van der Waals surface area (Å²) in [6, 6.07) is 0. The number of halogens is 1. The van der Waals surface area contributed by atoms with Crippen LogP contribution < -0.4 is 0 Å². The van der Waals surface area contributed by atoms with E-state index in [0.717, 1.165) is 6.42 Å². The Balaban J connectivity index is 3.08. The fourth-order valence-corrected chi connectivity index (χ4v) is 0.405. The van der Waals surface area contributed by atoms with E-state index in [0.29, 0.717) is 4.83 Å². The summed E-state index contributed by atoms with van der Waals surface area (Å²) in [6.07, 6.45) is 0.955. The molecule has 0 aromatic rings. The van der Waals surface area contributed by atoms with Crippen molar-refractivity contribution >= 4 is 15.9 Å². The van der Waals surface area contributed by atoms with E-state index in [-0.39, 0.29) is 0 Å². The van der Waals surface area contributed by atoms with Gasteiger partial charge in [-0.25, -0.2) is 0 Å². The molecule has 40 valence electrons. The molecule has 0 aromatic heterocycles. The van der Waals surface area contributed by atoms with E-state index in [4.69, 9.17) is 0 Å². The van der Waals surface area contributed by atoms with Crippen LogP contribution in [0.2, 0.25) is 0 Å². The molecule has 7 heavy (non-hydrogen) atoms. The van der Waals surface area contributed by atoms with Gasteiger partial charge in [-0.3, -0.25) is 0 Å². The van der Waals surface area contributed by atoms with E-state index in [2.05, 4.69) is 34.7 Å². The van der Waals surface area contributed by atoms with Crippen molar-refractivity contribution in [1.82, 2.24) is 0 Å². The highest BCUT2D eigenvalue weighted by Crippen LogP contribution is 1.99. The number of alkyl halides is 1. The molecule has 0 heterocycles. The zero-order valence-electron chi connectivity index (χ0n) is 4.66. The molecule has 0 fully saturated rings. The molecule has 0 radical (unpaired) electrons. The minimum Gasteiger partial charge on any atom is -0.107 e. The normalized spacial score (nSPS) is 11.9. The van der Waals surface area contributed by atoms with Gasteiger partial charge < -0.3 is 0 Å². The van der Waals surface area contributed by atoms with Gasteiger partial charge in [0.2, 0.25) is 0 Å². The molecule has 0 aliphatic rings. The number of rotatable bonds is 1. The highest BCUT2D eigenvalue weighted by atomic mass is 79.9. The SMILES string of the molecule is CC#CC[C@@H](C)Br. The van der Waals surface area contributed by atoms with Crippen LogP contribution in [-0.4, -0.2) is 4.83 Å². The third kappa shape index (κ3) is 6.04. The Labute approximate surface area is 53.4 Å². The maximum atomic E-state index is 3.37.